The van der Waals surface area contributed by atoms with Crippen LogP contribution < -0.4 is 14.8 Å². The van der Waals surface area contributed by atoms with Crippen LogP contribution in [-0.4, -0.2) is 26.9 Å². The highest BCUT2D eigenvalue weighted by Crippen LogP contribution is 2.42. The minimum Gasteiger partial charge on any atom is -0.507 e. The van der Waals surface area contributed by atoms with E-state index in [9.17, 15) is 5.11 Å². The summed E-state index contributed by atoms with van der Waals surface area (Å²) in [6, 6.07) is 19.3. The molecule has 150 valence electrons. The number of phenols is 1. The first-order valence-electron chi connectivity index (χ1n) is 9.85. The van der Waals surface area contributed by atoms with E-state index in [4.69, 9.17) is 9.47 Å². The Labute approximate surface area is 173 Å². The Balaban J connectivity index is 1.68. The molecule has 1 aliphatic heterocycles. The van der Waals surface area contributed by atoms with Crippen LogP contribution in [0.2, 0.25) is 0 Å². The number of rotatable bonds is 4. The summed E-state index contributed by atoms with van der Waals surface area (Å²) in [6.45, 7) is 2.50. The van der Waals surface area contributed by atoms with Crippen molar-refractivity contribution < 1.29 is 14.6 Å². The third-order valence-electron chi connectivity index (χ3n) is 4.98. The monoisotopic (exact) mass is 400 g/mol. The van der Waals surface area contributed by atoms with Crippen LogP contribution in [0, 0.1) is 0 Å². The van der Waals surface area contributed by atoms with Crippen molar-refractivity contribution in [3.05, 3.63) is 66.2 Å². The lowest BCUT2D eigenvalue weighted by Gasteiger charge is -2.22. The van der Waals surface area contributed by atoms with Gasteiger partial charge in [0.1, 0.15) is 5.75 Å². The number of benzene rings is 3. The van der Waals surface area contributed by atoms with Gasteiger partial charge in [-0.1, -0.05) is 60.6 Å². The van der Waals surface area contributed by atoms with Crippen molar-refractivity contribution in [1.29, 1.82) is 0 Å². The average Bonchev–Trinajstić information content (AvgIpc) is 2.93. The maximum Gasteiger partial charge on any atom is 0.339 e. The van der Waals surface area contributed by atoms with Gasteiger partial charge in [-0.25, -0.2) is 0 Å². The van der Waals surface area contributed by atoms with E-state index in [0.29, 0.717) is 23.7 Å². The van der Waals surface area contributed by atoms with Crippen LogP contribution in [0.15, 0.2) is 60.7 Å². The fourth-order valence-electron chi connectivity index (χ4n) is 3.59. The largest absolute Gasteiger partial charge is 0.507 e. The molecule has 7 nitrogen and oxygen atoms in total. The summed E-state index contributed by atoms with van der Waals surface area (Å²) >= 11 is 0. The second kappa shape index (κ2) is 7.51. The Morgan fingerprint density at radius 2 is 1.87 bits per heavy atom. The maximum atomic E-state index is 10.7. The highest BCUT2D eigenvalue weighted by molar-refractivity contribution is 5.89. The summed E-state index contributed by atoms with van der Waals surface area (Å²) in [5.74, 6) is 0.433. The molecule has 5 rings (SSSR count). The van der Waals surface area contributed by atoms with E-state index in [-0.39, 0.29) is 11.8 Å². The minimum atomic E-state index is -0.686. The second-order valence-electron chi connectivity index (χ2n) is 7.00. The lowest BCUT2D eigenvalue weighted by atomic mass is 10.0. The van der Waals surface area contributed by atoms with Crippen molar-refractivity contribution in [1.82, 2.24) is 15.2 Å². The number of para-hydroxylation sites is 1. The molecular formula is C23H20N4O3. The van der Waals surface area contributed by atoms with Crippen molar-refractivity contribution in [2.24, 2.45) is 0 Å². The standard InChI is InChI=1S/C23H20N4O3/c1-2-13-29-23-25-22-20(26-27-23)16-9-5-6-10-17(16)24-21(30-22)19-15-8-4-3-7-14(15)11-12-18(19)28/h3-12,21,24,28H,2,13H2,1H3. The van der Waals surface area contributed by atoms with Crippen molar-refractivity contribution in [3.63, 3.8) is 0 Å². The Morgan fingerprint density at radius 1 is 1.03 bits per heavy atom. The fourth-order valence-corrected chi connectivity index (χ4v) is 3.59. The molecule has 2 heterocycles. The molecule has 1 atom stereocenters. The highest BCUT2D eigenvalue weighted by Gasteiger charge is 2.29. The predicted molar refractivity (Wildman–Crippen MR) is 114 cm³/mol. The van der Waals surface area contributed by atoms with E-state index >= 15 is 0 Å². The summed E-state index contributed by atoms with van der Waals surface area (Å²) < 4.78 is 11.8. The van der Waals surface area contributed by atoms with Crippen molar-refractivity contribution in [2.45, 2.75) is 19.6 Å². The minimum absolute atomic E-state index is 0.136. The molecule has 7 heteroatoms. The lowest BCUT2D eigenvalue weighted by molar-refractivity contribution is 0.216. The number of anilines is 1. The number of ether oxygens (including phenoxy) is 2. The summed E-state index contributed by atoms with van der Waals surface area (Å²) in [5.41, 5.74) is 2.78. The van der Waals surface area contributed by atoms with E-state index < -0.39 is 6.23 Å². The molecule has 0 spiro atoms. The quantitative estimate of drug-likeness (QED) is 0.514. The van der Waals surface area contributed by atoms with Gasteiger partial charge in [0, 0.05) is 11.3 Å². The molecule has 0 radical (unpaired) electrons. The van der Waals surface area contributed by atoms with E-state index in [0.717, 1.165) is 28.4 Å². The van der Waals surface area contributed by atoms with Crippen LogP contribution in [0.1, 0.15) is 25.1 Å². The number of fused-ring (bicyclic) bond motifs is 4. The van der Waals surface area contributed by atoms with Gasteiger partial charge in [0.15, 0.2) is 5.69 Å². The van der Waals surface area contributed by atoms with Crippen LogP contribution >= 0.6 is 0 Å². The molecule has 0 aliphatic carbocycles. The van der Waals surface area contributed by atoms with Gasteiger partial charge in [-0.05, 0) is 29.3 Å². The van der Waals surface area contributed by atoms with Crippen LogP contribution in [0.3, 0.4) is 0 Å². The Bertz CT molecular complexity index is 1230. The first-order chi connectivity index (χ1) is 14.7. The summed E-state index contributed by atoms with van der Waals surface area (Å²) in [4.78, 5) is 4.46. The highest BCUT2D eigenvalue weighted by atomic mass is 16.5. The number of nitrogens with one attached hydrogen (secondary N) is 1. The van der Waals surface area contributed by atoms with Crippen molar-refractivity contribution in [2.75, 3.05) is 11.9 Å². The van der Waals surface area contributed by atoms with E-state index in [1.54, 1.807) is 6.07 Å². The molecule has 4 aromatic rings. The van der Waals surface area contributed by atoms with E-state index in [2.05, 4.69) is 20.5 Å². The molecule has 2 N–H and O–H groups in total. The van der Waals surface area contributed by atoms with Gasteiger partial charge in [-0.15, -0.1) is 5.10 Å². The van der Waals surface area contributed by atoms with Gasteiger partial charge >= 0.3 is 6.01 Å². The van der Waals surface area contributed by atoms with Crippen LogP contribution in [-0.2, 0) is 0 Å². The van der Waals surface area contributed by atoms with Crippen LogP contribution in [0.4, 0.5) is 5.69 Å². The molecule has 1 unspecified atom stereocenters. The molecule has 1 aliphatic rings. The summed E-state index contributed by atoms with van der Waals surface area (Å²) in [7, 11) is 0. The van der Waals surface area contributed by atoms with Gasteiger partial charge in [-0.2, -0.15) is 4.98 Å². The third kappa shape index (κ3) is 3.14. The number of hydrogen-bond donors (Lipinski definition) is 2. The molecular weight excluding hydrogens is 380 g/mol. The van der Waals surface area contributed by atoms with Crippen molar-refractivity contribution >= 4 is 16.5 Å². The Hall–Kier alpha value is -3.87. The Morgan fingerprint density at radius 3 is 2.77 bits per heavy atom. The molecule has 1 aromatic heterocycles. The number of hydrogen-bond acceptors (Lipinski definition) is 7. The number of aromatic nitrogens is 3. The zero-order chi connectivity index (χ0) is 20.5. The topological polar surface area (TPSA) is 89.4 Å². The van der Waals surface area contributed by atoms with Crippen molar-refractivity contribution in [3.8, 4) is 28.9 Å². The van der Waals surface area contributed by atoms with Crippen LogP contribution in [0.5, 0.6) is 17.6 Å². The molecule has 0 saturated carbocycles. The molecule has 0 bridgehead atoms. The summed E-state index contributed by atoms with van der Waals surface area (Å²) in [5, 5.41) is 24.4. The molecule has 30 heavy (non-hydrogen) atoms. The van der Waals surface area contributed by atoms with E-state index in [1.807, 2.05) is 61.5 Å². The fraction of sp³-hybridized carbons (Fsp3) is 0.174. The predicted octanol–water partition coefficient (Wildman–Crippen LogP) is 4.69. The first-order valence-corrected chi connectivity index (χ1v) is 9.85. The smallest absolute Gasteiger partial charge is 0.339 e. The van der Waals surface area contributed by atoms with Gasteiger partial charge < -0.3 is 19.9 Å². The normalized spacial score (nSPS) is 14.8. The van der Waals surface area contributed by atoms with Gasteiger partial charge in [0.25, 0.3) is 0 Å². The maximum absolute atomic E-state index is 10.7. The molecule has 3 aromatic carbocycles. The van der Waals surface area contributed by atoms with Gasteiger partial charge in [-0.3, -0.25) is 0 Å². The summed E-state index contributed by atoms with van der Waals surface area (Å²) in [6.07, 6.45) is 0.146. The number of nitrogens with zero attached hydrogens (tertiary/aromatic N) is 3. The van der Waals surface area contributed by atoms with E-state index in [1.165, 1.54) is 0 Å². The Kier molecular flexibility index (Phi) is 4.55. The SMILES string of the molecule is CCCOc1nnc2c(n1)OC(c1c(O)ccc3ccccc13)Nc1ccccc1-2. The number of phenolic OH excluding ortho intramolecular Hbond substituents is 1. The first kappa shape index (κ1) is 18.2. The zero-order valence-corrected chi connectivity index (χ0v) is 16.4. The molecule has 0 fully saturated rings. The number of aromatic hydroxyl groups is 1. The third-order valence-corrected chi connectivity index (χ3v) is 4.98. The molecule has 0 amide bonds. The lowest BCUT2D eigenvalue weighted by Crippen LogP contribution is -2.18. The van der Waals surface area contributed by atoms with Gasteiger partial charge in [0.05, 0.1) is 12.2 Å². The zero-order valence-electron chi connectivity index (χ0n) is 16.4. The molecule has 0 saturated heterocycles. The van der Waals surface area contributed by atoms with Crippen LogP contribution in [0.25, 0.3) is 22.0 Å². The average molecular weight is 400 g/mol. The second-order valence-corrected chi connectivity index (χ2v) is 7.00. The van der Waals surface area contributed by atoms with Gasteiger partial charge in [0.2, 0.25) is 12.1 Å².